The summed E-state index contributed by atoms with van der Waals surface area (Å²) in [5, 5.41) is 0. The molecule has 0 unspecified atom stereocenters. The van der Waals surface area contributed by atoms with Crippen molar-refractivity contribution in [3.05, 3.63) is 29.6 Å². The van der Waals surface area contributed by atoms with Crippen LogP contribution in [0.5, 0.6) is 0 Å². The van der Waals surface area contributed by atoms with Crippen molar-refractivity contribution in [1.82, 2.24) is 4.98 Å². The van der Waals surface area contributed by atoms with Crippen LogP contribution < -0.4 is 5.73 Å². The highest BCUT2D eigenvalue weighted by molar-refractivity contribution is 5.96. The van der Waals surface area contributed by atoms with Crippen LogP contribution in [0.25, 0.3) is 0 Å². The van der Waals surface area contributed by atoms with E-state index < -0.39 is 0 Å². The van der Waals surface area contributed by atoms with Gasteiger partial charge in [-0.2, -0.15) is 0 Å². The highest BCUT2D eigenvalue weighted by Crippen LogP contribution is 2.09. The number of Topliss-reactive ketones (excluding diaryl/α,β-unsaturated/α-hetero) is 1. The Morgan fingerprint density at radius 2 is 2.29 bits per heavy atom. The smallest absolute Gasteiger partial charge is 0.163 e. The molecule has 0 saturated heterocycles. The van der Waals surface area contributed by atoms with E-state index in [2.05, 4.69) is 4.98 Å². The number of rotatable bonds is 4. The normalized spacial score (nSPS) is 10.6. The van der Waals surface area contributed by atoms with Gasteiger partial charge in [-0.1, -0.05) is 13.8 Å². The van der Waals surface area contributed by atoms with E-state index in [-0.39, 0.29) is 5.78 Å². The van der Waals surface area contributed by atoms with Gasteiger partial charge in [0.1, 0.15) is 0 Å². The molecule has 76 valence electrons. The average Bonchev–Trinajstić information content (AvgIpc) is 2.17. The first kappa shape index (κ1) is 10.9. The molecule has 14 heavy (non-hydrogen) atoms. The van der Waals surface area contributed by atoms with Gasteiger partial charge in [-0.05, 0) is 18.1 Å². The minimum absolute atomic E-state index is 0.164. The molecule has 0 radical (unpaired) electrons. The second-order valence-corrected chi connectivity index (χ2v) is 3.76. The Hall–Kier alpha value is -1.22. The summed E-state index contributed by atoms with van der Waals surface area (Å²) >= 11 is 0. The predicted molar refractivity (Wildman–Crippen MR) is 55.9 cm³/mol. The quantitative estimate of drug-likeness (QED) is 0.740. The Morgan fingerprint density at radius 1 is 1.57 bits per heavy atom. The van der Waals surface area contributed by atoms with Crippen LogP contribution in [0, 0.1) is 5.92 Å². The molecule has 1 aromatic heterocycles. The van der Waals surface area contributed by atoms with Crippen molar-refractivity contribution >= 4 is 5.78 Å². The first-order valence-electron chi connectivity index (χ1n) is 4.81. The van der Waals surface area contributed by atoms with Crippen LogP contribution in [0.4, 0.5) is 0 Å². The SMILES string of the molecule is CC(C)CC(=O)c1ccnc(CN)c1. The summed E-state index contributed by atoms with van der Waals surface area (Å²) in [6.07, 6.45) is 2.21. The van der Waals surface area contributed by atoms with Gasteiger partial charge in [0.2, 0.25) is 0 Å². The van der Waals surface area contributed by atoms with Crippen LogP contribution in [-0.2, 0) is 6.54 Å². The van der Waals surface area contributed by atoms with Crippen molar-refractivity contribution in [1.29, 1.82) is 0 Å². The third-order valence-electron chi connectivity index (χ3n) is 1.94. The molecule has 0 aliphatic carbocycles. The first-order valence-corrected chi connectivity index (χ1v) is 4.81. The van der Waals surface area contributed by atoms with Crippen molar-refractivity contribution < 1.29 is 4.79 Å². The third-order valence-corrected chi connectivity index (χ3v) is 1.94. The van der Waals surface area contributed by atoms with Crippen LogP contribution in [0.3, 0.4) is 0 Å². The zero-order chi connectivity index (χ0) is 10.6. The lowest BCUT2D eigenvalue weighted by Gasteiger charge is -2.04. The number of carbonyl (C=O) groups excluding carboxylic acids is 1. The van der Waals surface area contributed by atoms with E-state index in [1.54, 1.807) is 18.3 Å². The molecule has 1 aromatic rings. The average molecular weight is 192 g/mol. The molecule has 3 nitrogen and oxygen atoms in total. The minimum Gasteiger partial charge on any atom is -0.325 e. The van der Waals surface area contributed by atoms with Crippen molar-refractivity contribution in [2.24, 2.45) is 11.7 Å². The zero-order valence-corrected chi connectivity index (χ0v) is 8.66. The van der Waals surface area contributed by atoms with Gasteiger partial charge in [-0.3, -0.25) is 9.78 Å². The van der Waals surface area contributed by atoms with Gasteiger partial charge in [-0.25, -0.2) is 0 Å². The monoisotopic (exact) mass is 192 g/mol. The summed E-state index contributed by atoms with van der Waals surface area (Å²) in [5.41, 5.74) is 6.93. The fourth-order valence-electron chi connectivity index (χ4n) is 1.25. The lowest BCUT2D eigenvalue weighted by Crippen LogP contribution is -2.06. The molecule has 0 aliphatic rings. The Balaban J connectivity index is 2.79. The highest BCUT2D eigenvalue weighted by atomic mass is 16.1. The van der Waals surface area contributed by atoms with Crippen molar-refractivity contribution in [2.75, 3.05) is 0 Å². The molecule has 0 spiro atoms. The molecular weight excluding hydrogens is 176 g/mol. The van der Waals surface area contributed by atoms with Crippen molar-refractivity contribution in [3.8, 4) is 0 Å². The summed E-state index contributed by atoms with van der Waals surface area (Å²) in [6, 6.07) is 3.51. The number of hydrogen-bond acceptors (Lipinski definition) is 3. The second-order valence-electron chi connectivity index (χ2n) is 3.76. The molecule has 0 aliphatic heterocycles. The summed E-state index contributed by atoms with van der Waals surface area (Å²) < 4.78 is 0. The number of nitrogens with two attached hydrogens (primary N) is 1. The molecule has 0 fully saturated rings. The standard InChI is InChI=1S/C11H16N2O/c1-8(2)5-11(14)9-3-4-13-10(6-9)7-12/h3-4,6,8H,5,7,12H2,1-2H3. The van der Waals surface area contributed by atoms with Crippen LogP contribution in [0.1, 0.15) is 36.3 Å². The van der Waals surface area contributed by atoms with Crippen LogP contribution in [-0.4, -0.2) is 10.8 Å². The molecule has 0 saturated carbocycles. The van der Waals surface area contributed by atoms with E-state index in [9.17, 15) is 4.79 Å². The molecule has 0 amide bonds. The zero-order valence-electron chi connectivity index (χ0n) is 8.66. The number of hydrogen-bond donors (Lipinski definition) is 1. The third kappa shape index (κ3) is 2.92. The Labute approximate surface area is 84.3 Å². The first-order chi connectivity index (χ1) is 6.63. The Bertz CT molecular complexity index is 321. The summed E-state index contributed by atoms with van der Waals surface area (Å²) in [7, 11) is 0. The molecule has 3 heteroatoms. The predicted octanol–water partition coefficient (Wildman–Crippen LogP) is 1.77. The number of nitrogens with zero attached hydrogens (tertiary/aromatic N) is 1. The van der Waals surface area contributed by atoms with Crippen molar-refractivity contribution in [2.45, 2.75) is 26.8 Å². The lowest BCUT2D eigenvalue weighted by molar-refractivity contribution is 0.0967. The van der Waals surface area contributed by atoms with Crippen LogP contribution in [0.2, 0.25) is 0 Å². The van der Waals surface area contributed by atoms with Gasteiger partial charge >= 0.3 is 0 Å². The maximum atomic E-state index is 11.7. The summed E-state index contributed by atoms with van der Waals surface area (Å²) in [4.78, 5) is 15.7. The number of carbonyl (C=O) groups is 1. The fourth-order valence-corrected chi connectivity index (χ4v) is 1.25. The molecule has 0 atom stereocenters. The van der Waals surface area contributed by atoms with E-state index in [0.29, 0.717) is 24.4 Å². The van der Waals surface area contributed by atoms with Gasteiger partial charge < -0.3 is 5.73 Å². The molecule has 0 bridgehead atoms. The van der Waals surface area contributed by atoms with Gasteiger partial charge in [0, 0.05) is 24.7 Å². The lowest BCUT2D eigenvalue weighted by atomic mass is 10.0. The fraction of sp³-hybridized carbons (Fsp3) is 0.455. The van der Waals surface area contributed by atoms with E-state index >= 15 is 0 Å². The molecule has 1 heterocycles. The largest absolute Gasteiger partial charge is 0.325 e. The molecular formula is C11H16N2O. The summed E-state index contributed by atoms with van der Waals surface area (Å²) in [6.45, 7) is 4.44. The van der Waals surface area contributed by atoms with Gasteiger partial charge in [0.05, 0.1) is 5.69 Å². The van der Waals surface area contributed by atoms with E-state index in [0.717, 1.165) is 5.69 Å². The van der Waals surface area contributed by atoms with E-state index in [4.69, 9.17) is 5.73 Å². The van der Waals surface area contributed by atoms with E-state index in [1.807, 2.05) is 13.8 Å². The van der Waals surface area contributed by atoms with Crippen LogP contribution >= 0.6 is 0 Å². The second kappa shape index (κ2) is 4.86. The maximum Gasteiger partial charge on any atom is 0.163 e. The summed E-state index contributed by atoms with van der Waals surface area (Å²) in [5.74, 6) is 0.550. The molecule has 0 aromatic carbocycles. The number of pyridine rings is 1. The number of ketones is 1. The Kier molecular flexibility index (Phi) is 3.77. The topological polar surface area (TPSA) is 56.0 Å². The van der Waals surface area contributed by atoms with E-state index in [1.165, 1.54) is 0 Å². The number of aromatic nitrogens is 1. The van der Waals surface area contributed by atoms with Gasteiger partial charge in [0.25, 0.3) is 0 Å². The molecule has 2 N–H and O–H groups in total. The highest BCUT2D eigenvalue weighted by Gasteiger charge is 2.08. The minimum atomic E-state index is 0.164. The van der Waals surface area contributed by atoms with Crippen LogP contribution in [0.15, 0.2) is 18.3 Å². The van der Waals surface area contributed by atoms with Gasteiger partial charge in [0.15, 0.2) is 5.78 Å². The van der Waals surface area contributed by atoms with Gasteiger partial charge in [-0.15, -0.1) is 0 Å². The Morgan fingerprint density at radius 3 is 2.86 bits per heavy atom. The maximum absolute atomic E-state index is 11.7. The van der Waals surface area contributed by atoms with Crippen molar-refractivity contribution in [3.63, 3.8) is 0 Å². The molecule has 1 rings (SSSR count).